The first-order valence-corrected chi connectivity index (χ1v) is 13.2. The summed E-state index contributed by atoms with van der Waals surface area (Å²) in [5.41, 5.74) is 2.47. The maximum atomic E-state index is 13.8. The van der Waals surface area contributed by atoms with Gasteiger partial charge in [0.05, 0.1) is 6.54 Å². The average Bonchev–Trinajstić information content (AvgIpc) is 3.52. The Balaban J connectivity index is 1.81. The van der Waals surface area contributed by atoms with E-state index >= 15 is 0 Å². The molecule has 3 heterocycles. The van der Waals surface area contributed by atoms with E-state index in [1.165, 1.54) is 24.3 Å². The molecule has 3 aromatic heterocycles. The van der Waals surface area contributed by atoms with Gasteiger partial charge in [-0.2, -0.15) is 44.2 Å². The molecule has 0 amide bonds. The normalized spacial score (nSPS) is 14.0. The maximum Gasteiger partial charge on any atom is 0.420 e. The monoisotopic (exact) mass is 686 g/mol. The first kappa shape index (κ1) is 34.6. The Morgan fingerprint density at radius 3 is 2.22 bits per heavy atom. The van der Waals surface area contributed by atoms with Crippen molar-refractivity contribution in [3.8, 4) is 17.2 Å². The summed E-state index contributed by atoms with van der Waals surface area (Å²) < 4.78 is 121. The Morgan fingerprint density at radius 1 is 0.978 bits per heavy atom. The molecular weight excluding hydrogens is 667 g/mol. The third-order valence-corrected chi connectivity index (χ3v) is 6.60. The van der Waals surface area contributed by atoms with Crippen LogP contribution in [0.15, 0.2) is 47.4 Å². The molecule has 0 fully saturated rings. The van der Waals surface area contributed by atoms with E-state index in [9.17, 15) is 54.2 Å². The number of carbonyl (C=O) groups is 1. The summed E-state index contributed by atoms with van der Waals surface area (Å²) in [6.45, 7) is -2.16. The van der Waals surface area contributed by atoms with Crippen LogP contribution in [-0.4, -0.2) is 69.5 Å². The Kier molecular flexibility index (Phi) is 9.64. The van der Waals surface area contributed by atoms with E-state index in [1.807, 2.05) is 0 Å². The highest BCUT2D eigenvalue weighted by molar-refractivity contribution is 6.30. The Bertz CT molecular complexity index is 1760. The molecule has 46 heavy (non-hydrogen) atoms. The quantitative estimate of drug-likeness (QED) is 0.187. The standard InChI is InChI=1S/C25H20ClF9N8O3/c26-13-5-3-12(4-6-13)19-40-42(22(46)41(19)10-17(45)25(33,34)35)11-18-38-21(15(44)7-8-16(36)24(30,31)32)43(39-18)20-14(23(27,28)29)2-1-9-37-20/h1-6,9,16-17,45H,7-8,10-11,36H2/t16?,17-/m0/s1. The van der Waals surface area contributed by atoms with E-state index < -0.39 is 91.1 Å². The first-order chi connectivity index (χ1) is 21.3. The molecule has 0 spiro atoms. The number of aliphatic hydroxyl groups excluding tert-OH is 1. The van der Waals surface area contributed by atoms with Gasteiger partial charge in [-0.1, -0.05) is 11.6 Å². The predicted octanol–water partition coefficient (Wildman–Crippen LogP) is 4.18. The average molecular weight is 687 g/mol. The minimum Gasteiger partial charge on any atom is -0.382 e. The van der Waals surface area contributed by atoms with Crippen molar-refractivity contribution in [2.75, 3.05) is 0 Å². The van der Waals surface area contributed by atoms with Gasteiger partial charge in [0.2, 0.25) is 5.82 Å². The van der Waals surface area contributed by atoms with Crippen LogP contribution in [0.4, 0.5) is 39.5 Å². The van der Waals surface area contributed by atoms with Crippen LogP contribution in [-0.2, 0) is 19.3 Å². The summed E-state index contributed by atoms with van der Waals surface area (Å²) in [6.07, 6.45) is -19.1. The van der Waals surface area contributed by atoms with Gasteiger partial charge in [-0.25, -0.2) is 19.4 Å². The number of nitrogens with zero attached hydrogens (tertiary/aromatic N) is 7. The number of rotatable bonds is 10. The van der Waals surface area contributed by atoms with Crippen molar-refractivity contribution in [3.05, 3.63) is 75.3 Å². The molecule has 0 aliphatic carbocycles. The van der Waals surface area contributed by atoms with E-state index in [-0.39, 0.29) is 16.4 Å². The Hall–Kier alpha value is -4.30. The van der Waals surface area contributed by atoms with E-state index in [1.54, 1.807) is 0 Å². The highest BCUT2D eigenvalue weighted by atomic mass is 35.5. The summed E-state index contributed by atoms with van der Waals surface area (Å²) >= 11 is 5.85. The maximum absolute atomic E-state index is 13.8. The van der Waals surface area contributed by atoms with Crippen molar-refractivity contribution in [2.45, 2.75) is 56.6 Å². The molecule has 248 valence electrons. The fraction of sp³-hybridized carbons (Fsp3) is 0.360. The van der Waals surface area contributed by atoms with Gasteiger partial charge in [0, 0.05) is 23.2 Å². The molecular formula is C25H20ClF9N8O3. The van der Waals surface area contributed by atoms with Crippen molar-refractivity contribution >= 4 is 17.4 Å². The zero-order valence-corrected chi connectivity index (χ0v) is 23.5. The molecule has 4 rings (SSSR count). The zero-order chi connectivity index (χ0) is 34.2. The second-order valence-electron chi connectivity index (χ2n) is 9.68. The van der Waals surface area contributed by atoms with Gasteiger partial charge in [-0.3, -0.25) is 9.36 Å². The van der Waals surface area contributed by atoms with Crippen molar-refractivity contribution < 1.29 is 49.4 Å². The largest absolute Gasteiger partial charge is 0.420 e. The van der Waals surface area contributed by atoms with Gasteiger partial charge >= 0.3 is 24.2 Å². The predicted molar refractivity (Wildman–Crippen MR) is 140 cm³/mol. The summed E-state index contributed by atoms with van der Waals surface area (Å²) in [5, 5.41) is 17.7. The lowest BCUT2D eigenvalue weighted by molar-refractivity contribution is -0.207. The van der Waals surface area contributed by atoms with Crippen LogP contribution in [0.1, 0.15) is 34.8 Å². The number of aliphatic hydroxyl groups is 1. The molecule has 21 heteroatoms. The minimum atomic E-state index is -5.14. The van der Waals surface area contributed by atoms with E-state index in [0.29, 0.717) is 20.0 Å². The SMILES string of the molecule is NC(CCC(=O)c1nc(Cn2nc(-c3ccc(Cl)cc3)n(C[C@H](O)C(F)(F)F)c2=O)nn1-c1ncccc1C(F)(F)F)C(F)(F)F. The molecule has 2 atom stereocenters. The second-order valence-corrected chi connectivity index (χ2v) is 10.1. The number of nitrogens with two attached hydrogens (primary N) is 1. The highest BCUT2D eigenvalue weighted by Crippen LogP contribution is 2.33. The first-order valence-electron chi connectivity index (χ1n) is 12.8. The lowest BCUT2D eigenvalue weighted by Crippen LogP contribution is -2.37. The third kappa shape index (κ3) is 7.73. The fourth-order valence-electron chi connectivity index (χ4n) is 4.03. The van der Waals surface area contributed by atoms with E-state index in [4.69, 9.17) is 17.3 Å². The topological polar surface area (TPSA) is 147 Å². The van der Waals surface area contributed by atoms with Gasteiger partial charge in [0.25, 0.3) is 0 Å². The number of Topliss-reactive ketones (excluding diaryl/α,β-unsaturated/α-hetero) is 1. The summed E-state index contributed by atoms with van der Waals surface area (Å²) in [4.78, 5) is 33.6. The van der Waals surface area contributed by atoms with Crippen LogP contribution in [0.25, 0.3) is 17.2 Å². The number of halogens is 10. The second kappa shape index (κ2) is 12.8. The van der Waals surface area contributed by atoms with Crippen molar-refractivity contribution in [1.29, 1.82) is 0 Å². The molecule has 4 aromatic rings. The number of carbonyl (C=O) groups excluding carboxylic acids is 1. The number of benzene rings is 1. The number of pyridine rings is 1. The smallest absolute Gasteiger partial charge is 0.382 e. The number of alkyl halides is 9. The molecule has 0 radical (unpaired) electrons. The molecule has 0 bridgehead atoms. The van der Waals surface area contributed by atoms with Crippen molar-refractivity contribution in [1.82, 2.24) is 34.1 Å². The molecule has 1 aromatic carbocycles. The Labute approximate surface area is 256 Å². The summed E-state index contributed by atoms with van der Waals surface area (Å²) in [7, 11) is 0. The van der Waals surface area contributed by atoms with Crippen LogP contribution in [0.3, 0.4) is 0 Å². The van der Waals surface area contributed by atoms with Crippen LogP contribution in [0.2, 0.25) is 5.02 Å². The highest BCUT2D eigenvalue weighted by Gasteiger charge is 2.40. The van der Waals surface area contributed by atoms with Gasteiger partial charge < -0.3 is 10.8 Å². The van der Waals surface area contributed by atoms with Crippen LogP contribution in [0.5, 0.6) is 0 Å². The molecule has 0 saturated heterocycles. The summed E-state index contributed by atoms with van der Waals surface area (Å²) in [6, 6.07) is 4.35. The van der Waals surface area contributed by atoms with Crippen LogP contribution >= 0.6 is 11.6 Å². The van der Waals surface area contributed by atoms with Gasteiger partial charge in [0.15, 0.2) is 29.4 Å². The fourth-order valence-corrected chi connectivity index (χ4v) is 4.16. The van der Waals surface area contributed by atoms with Crippen molar-refractivity contribution in [3.63, 3.8) is 0 Å². The third-order valence-electron chi connectivity index (χ3n) is 6.35. The van der Waals surface area contributed by atoms with Crippen molar-refractivity contribution in [2.24, 2.45) is 5.73 Å². The zero-order valence-electron chi connectivity index (χ0n) is 22.8. The summed E-state index contributed by atoms with van der Waals surface area (Å²) in [5.74, 6) is -4.07. The molecule has 0 aliphatic rings. The number of ketones is 1. The van der Waals surface area contributed by atoms with E-state index in [2.05, 4.69) is 20.2 Å². The molecule has 0 saturated carbocycles. The minimum absolute atomic E-state index is 0.0771. The number of aromatic nitrogens is 7. The Morgan fingerprint density at radius 2 is 1.63 bits per heavy atom. The molecule has 1 unspecified atom stereocenters. The van der Waals surface area contributed by atoms with Gasteiger partial charge in [-0.15, -0.1) is 10.2 Å². The lowest BCUT2D eigenvalue weighted by atomic mass is 10.1. The van der Waals surface area contributed by atoms with Gasteiger partial charge in [-0.05, 0) is 42.8 Å². The number of hydrogen-bond acceptors (Lipinski definition) is 8. The molecule has 11 nitrogen and oxygen atoms in total. The van der Waals surface area contributed by atoms with E-state index in [0.717, 1.165) is 12.3 Å². The van der Waals surface area contributed by atoms with Crippen LogP contribution < -0.4 is 11.4 Å². The van der Waals surface area contributed by atoms with Gasteiger partial charge in [0.1, 0.15) is 18.2 Å². The molecule has 3 N–H and O–H groups in total. The molecule has 0 aliphatic heterocycles. The number of hydrogen-bond donors (Lipinski definition) is 2. The lowest BCUT2D eigenvalue weighted by Gasteiger charge is -2.15. The van der Waals surface area contributed by atoms with Crippen LogP contribution in [0, 0.1) is 0 Å².